The number of carbonyl (C=O) groups excluding carboxylic acids is 1. The summed E-state index contributed by atoms with van der Waals surface area (Å²) in [5.74, 6) is 0.191. The maximum atomic E-state index is 11.4. The molecule has 0 unspecified atom stereocenters. The van der Waals surface area contributed by atoms with Crippen LogP contribution in [0.15, 0.2) is 54.1 Å². The fraction of sp³-hybridized carbons (Fsp3) is 0.0769. The summed E-state index contributed by atoms with van der Waals surface area (Å²) in [4.78, 5) is 11.4. The third-order valence-electron chi connectivity index (χ3n) is 2.16. The van der Waals surface area contributed by atoms with Crippen molar-refractivity contribution in [1.29, 1.82) is 0 Å². The predicted octanol–water partition coefficient (Wildman–Crippen LogP) is 2.69. The van der Waals surface area contributed by atoms with Crippen LogP contribution in [0.4, 0.5) is 0 Å². The molecule has 1 aromatic carbocycles. The summed E-state index contributed by atoms with van der Waals surface area (Å²) in [6, 6.07) is 9.89. The van der Waals surface area contributed by atoms with Crippen molar-refractivity contribution in [2.24, 2.45) is 0 Å². The molecule has 0 saturated heterocycles. The van der Waals surface area contributed by atoms with Crippen molar-refractivity contribution >= 4 is 5.78 Å². The molecule has 1 aliphatic rings. The van der Waals surface area contributed by atoms with Crippen molar-refractivity contribution in [3.05, 3.63) is 66.1 Å². The summed E-state index contributed by atoms with van der Waals surface area (Å²) < 4.78 is 0. The SMILES string of the molecule is O=C1CC=CC=C1[CH]c1ccccc1. The van der Waals surface area contributed by atoms with Crippen molar-refractivity contribution in [3.63, 3.8) is 0 Å². The van der Waals surface area contributed by atoms with E-state index in [0.29, 0.717) is 6.42 Å². The number of allylic oxidation sites excluding steroid dienone is 4. The van der Waals surface area contributed by atoms with E-state index >= 15 is 0 Å². The number of Topliss-reactive ketones (excluding diaryl/α,β-unsaturated/α-hetero) is 1. The van der Waals surface area contributed by atoms with Gasteiger partial charge in [-0.05, 0) is 5.56 Å². The summed E-state index contributed by atoms with van der Waals surface area (Å²) in [6.07, 6.45) is 8.11. The molecule has 0 bridgehead atoms. The van der Waals surface area contributed by atoms with Crippen LogP contribution in [0.2, 0.25) is 0 Å². The molecule has 0 atom stereocenters. The Morgan fingerprint density at radius 1 is 1.14 bits per heavy atom. The van der Waals surface area contributed by atoms with E-state index in [-0.39, 0.29) is 5.78 Å². The molecule has 0 aromatic heterocycles. The van der Waals surface area contributed by atoms with Gasteiger partial charge in [-0.3, -0.25) is 4.79 Å². The highest BCUT2D eigenvalue weighted by molar-refractivity contribution is 6.00. The van der Waals surface area contributed by atoms with Crippen molar-refractivity contribution < 1.29 is 4.79 Å². The molecule has 0 amide bonds. The van der Waals surface area contributed by atoms with E-state index in [1.54, 1.807) is 0 Å². The topological polar surface area (TPSA) is 17.1 Å². The molecular weight excluding hydrogens is 172 g/mol. The van der Waals surface area contributed by atoms with Gasteiger partial charge in [-0.25, -0.2) is 0 Å². The fourth-order valence-electron chi connectivity index (χ4n) is 1.42. The second kappa shape index (κ2) is 4.05. The summed E-state index contributed by atoms with van der Waals surface area (Å²) in [6.45, 7) is 0. The van der Waals surface area contributed by atoms with Crippen LogP contribution in [0.1, 0.15) is 12.0 Å². The van der Waals surface area contributed by atoms with Gasteiger partial charge in [-0.2, -0.15) is 0 Å². The Hall–Kier alpha value is -1.63. The summed E-state index contributed by atoms with van der Waals surface area (Å²) >= 11 is 0. The smallest absolute Gasteiger partial charge is 0.163 e. The van der Waals surface area contributed by atoms with Crippen molar-refractivity contribution in [2.75, 3.05) is 0 Å². The van der Waals surface area contributed by atoms with Crippen LogP contribution in [0.25, 0.3) is 0 Å². The molecule has 0 N–H and O–H groups in total. The first kappa shape index (κ1) is 8.95. The molecule has 1 nitrogen and oxygen atoms in total. The lowest BCUT2D eigenvalue weighted by Gasteiger charge is -2.06. The van der Waals surface area contributed by atoms with E-state index in [1.807, 2.05) is 55.0 Å². The van der Waals surface area contributed by atoms with Gasteiger partial charge in [0.25, 0.3) is 0 Å². The minimum atomic E-state index is 0.191. The number of ketones is 1. The Kier molecular flexibility index (Phi) is 2.59. The average Bonchev–Trinajstić information content (AvgIpc) is 2.23. The summed E-state index contributed by atoms with van der Waals surface area (Å²) in [5, 5.41) is 0. The highest BCUT2D eigenvalue weighted by atomic mass is 16.1. The first-order chi connectivity index (χ1) is 6.86. The summed E-state index contributed by atoms with van der Waals surface area (Å²) in [5.41, 5.74) is 1.86. The van der Waals surface area contributed by atoms with Crippen LogP contribution in [-0.4, -0.2) is 5.78 Å². The van der Waals surface area contributed by atoms with Gasteiger partial charge >= 0.3 is 0 Å². The van der Waals surface area contributed by atoms with Crippen LogP contribution in [-0.2, 0) is 4.79 Å². The molecule has 0 aliphatic heterocycles. The second-order valence-corrected chi connectivity index (χ2v) is 3.23. The van der Waals surface area contributed by atoms with E-state index in [2.05, 4.69) is 0 Å². The fourth-order valence-corrected chi connectivity index (χ4v) is 1.42. The molecule has 2 rings (SSSR count). The number of hydrogen-bond donors (Lipinski definition) is 0. The molecule has 0 spiro atoms. The van der Waals surface area contributed by atoms with Crippen molar-refractivity contribution in [3.8, 4) is 0 Å². The molecule has 14 heavy (non-hydrogen) atoms. The van der Waals surface area contributed by atoms with Gasteiger partial charge in [0.2, 0.25) is 0 Å². The van der Waals surface area contributed by atoms with E-state index in [0.717, 1.165) is 11.1 Å². The Morgan fingerprint density at radius 3 is 2.64 bits per heavy atom. The minimum absolute atomic E-state index is 0.191. The number of rotatable bonds is 2. The standard InChI is InChI=1S/C13H11O/c14-13-9-5-4-8-12(13)10-11-6-2-1-3-7-11/h1-8,10H,9H2. The molecule has 0 fully saturated rings. The molecular formula is C13H11O. The van der Waals surface area contributed by atoms with E-state index in [1.165, 1.54) is 0 Å². The maximum Gasteiger partial charge on any atom is 0.163 e. The second-order valence-electron chi connectivity index (χ2n) is 3.23. The van der Waals surface area contributed by atoms with Gasteiger partial charge < -0.3 is 0 Å². The maximum absolute atomic E-state index is 11.4. The molecule has 0 heterocycles. The Balaban J connectivity index is 2.15. The Morgan fingerprint density at radius 2 is 1.93 bits per heavy atom. The quantitative estimate of drug-likeness (QED) is 0.689. The normalized spacial score (nSPS) is 15.4. The van der Waals surface area contributed by atoms with Crippen molar-refractivity contribution in [1.82, 2.24) is 0 Å². The highest BCUT2D eigenvalue weighted by Gasteiger charge is 2.10. The van der Waals surface area contributed by atoms with E-state index in [9.17, 15) is 4.79 Å². The lowest BCUT2D eigenvalue weighted by molar-refractivity contribution is -0.114. The molecule has 0 saturated carbocycles. The van der Waals surface area contributed by atoms with Crippen LogP contribution in [0.3, 0.4) is 0 Å². The monoisotopic (exact) mass is 183 g/mol. The predicted molar refractivity (Wildman–Crippen MR) is 56.7 cm³/mol. The van der Waals surface area contributed by atoms with Gasteiger partial charge in [0.1, 0.15) is 0 Å². The van der Waals surface area contributed by atoms with Crippen LogP contribution >= 0.6 is 0 Å². The average molecular weight is 183 g/mol. The number of benzene rings is 1. The highest BCUT2D eigenvalue weighted by Crippen LogP contribution is 2.15. The number of carbonyl (C=O) groups is 1. The van der Waals surface area contributed by atoms with Gasteiger partial charge in [-0.1, -0.05) is 48.6 Å². The third-order valence-corrected chi connectivity index (χ3v) is 2.16. The zero-order chi connectivity index (χ0) is 9.80. The van der Waals surface area contributed by atoms with Gasteiger partial charge in [0.05, 0.1) is 0 Å². The molecule has 1 aromatic rings. The zero-order valence-corrected chi connectivity index (χ0v) is 7.81. The lowest BCUT2D eigenvalue weighted by Crippen LogP contribution is -2.04. The molecule has 1 aliphatic carbocycles. The van der Waals surface area contributed by atoms with E-state index < -0.39 is 0 Å². The molecule has 1 radical (unpaired) electrons. The third kappa shape index (κ3) is 1.99. The van der Waals surface area contributed by atoms with Gasteiger partial charge in [0, 0.05) is 18.4 Å². The van der Waals surface area contributed by atoms with Crippen molar-refractivity contribution in [2.45, 2.75) is 6.42 Å². The Labute approximate surface area is 83.8 Å². The molecule has 1 heteroatoms. The van der Waals surface area contributed by atoms with Crippen LogP contribution in [0.5, 0.6) is 0 Å². The van der Waals surface area contributed by atoms with E-state index in [4.69, 9.17) is 0 Å². The first-order valence-electron chi connectivity index (χ1n) is 4.66. The van der Waals surface area contributed by atoms with Gasteiger partial charge in [0.15, 0.2) is 5.78 Å². The van der Waals surface area contributed by atoms with Gasteiger partial charge in [-0.15, -0.1) is 0 Å². The lowest BCUT2D eigenvalue weighted by atomic mass is 9.97. The molecule has 69 valence electrons. The first-order valence-corrected chi connectivity index (χ1v) is 4.66. The zero-order valence-electron chi connectivity index (χ0n) is 7.81. The largest absolute Gasteiger partial charge is 0.294 e. The Bertz CT molecular complexity index is 385. The summed E-state index contributed by atoms with van der Waals surface area (Å²) in [7, 11) is 0. The van der Waals surface area contributed by atoms with Crippen LogP contribution < -0.4 is 0 Å². The number of hydrogen-bond acceptors (Lipinski definition) is 1. The minimum Gasteiger partial charge on any atom is -0.294 e. The van der Waals surface area contributed by atoms with Crippen LogP contribution in [0, 0.1) is 6.42 Å².